The molecule has 1 atom stereocenters. The lowest BCUT2D eigenvalue weighted by Crippen LogP contribution is -2.32. The van der Waals surface area contributed by atoms with Crippen molar-refractivity contribution in [3.63, 3.8) is 0 Å². The van der Waals surface area contributed by atoms with Crippen LogP contribution >= 0.6 is 0 Å². The highest BCUT2D eigenvalue weighted by molar-refractivity contribution is 6.03. The maximum atomic E-state index is 13.1. The Labute approximate surface area is 189 Å². The van der Waals surface area contributed by atoms with Crippen molar-refractivity contribution in [1.29, 1.82) is 0 Å². The summed E-state index contributed by atoms with van der Waals surface area (Å²) in [7, 11) is 1.58. The van der Waals surface area contributed by atoms with E-state index in [1.54, 1.807) is 43.6 Å². The van der Waals surface area contributed by atoms with Crippen LogP contribution in [0.4, 0.5) is 5.69 Å². The van der Waals surface area contributed by atoms with Crippen LogP contribution in [0.15, 0.2) is 86.9 Å². The van der Waals surface area contributed by atoms with Crippen LogP contribution in [0.5, 0.6) is 0 Å². The van der Waals surface area contributed by atoms with E-state index in [1.807, 2.05) is 36.4 Å². The molecule has 0 fully saturated rings. The average Bonchev–Trinajstić information content (AvgIpc) is 3.60. The van der Waals surface area contributed by atoms with Gasteiger partial charge in [0.1, 0.15) is 23.1 Å². The first-order chi connectivity index (χ1) is 16.1. The number of rotatable bonds is 6. The molecule has 0 spiro atoms. The fourth-order valence-electron chi connectivity index (χ4n) is 3.86. The molecule has 0 unspecified atom stereocenters. The minimum Gasteiger partial charge on any atom is -0.467 e. The molecule has 2 aromatic heterocycles. The molecule has 8 nitrogen and oxygen atoms in total. The second-order valence-electron chi connectivity index (χ2n) is 7.68. The molecule has 1 aliphatic rings. The summed E-state index contributed by atoms with van der Waals surface area (Å²) in [4.78, 5) is 24.8. The van der Waals surface area contributed by atoms with Gasteiger partial charge in [-0.15, -0.1) is 0 Å². The lowest BCUT2D eigenvalue weighted by atomic mass is 10.1. The minimum absolute atomic E-state index is 0.0352. The average molecular weight is 442 g/mol. The van der Waals surface area contributed by atoms with Gasteiger partial charge in [0.2, 0.25) is 0 Å². The van der Waals surface area contributed by atoms with E-state index in [1.165, 1.54) is 5.01 Å². The Hall–Kier alpha value is -4.33. The molecule has 4 aromatic rings. The molecule has 0 saturated heterocycles. The summed E-state index contributed by atoms with van der Waals surface area (Å²) >= 11 is 0. The van der Waals surface area contributed by atoms with Crippen molar-refractivity contribution in [2.24, 2.45) is 5.10 Å². The summed E-state index contributed by atoms with van der Waals surface area (Å²) in [5, 5.41) is 12.7. The van der Waals surface area contributed by atoms with Crippen molar-refractivity contribution in [3.8, 4) is 0 Å². The molecule has 2 amide bonds. The Balaban J connectivity index is 1.35. The van der Waals surface area contributed by atoms with E-state index in [9.17, 15) is 9.59 Å². The van der Waals surface area contributed by atoms with Gasteiger partial charge in [0.25, 0.3) is 11.8 Å². The summed E-state index contributed by atoms with van der Waals surface area (Å²) in [5.41, 5.74) is 2.74. The zero-order chi connectivity index (χ0) is 22.8. The Bertz CT molecular complexity index is 1290. The topological polar surface area (TPSA) is 100 Å². The predicted molar refractivity (Wildman–Crippen MR) is 124 cm³/mol. The zero-order valence-corrected chi connectivity index (χ0v) is 17.9. The first kappa shape index (κ1) is 20.6. The highest BCUT2D eigenvalue weighted by Gasteiger charge is 2.35. The first-order valence-corrected chi connectivity index (χ1v) is 10.6. The number of para-hydroxylation sites is 1. The van der Waals surface area contributed by atoms with Crippen molar-refractivity contribution in [1.82, 2.24) is 10.3 Å². The number of hydrogen-bond acceptors (Lipinski definition) is 6. The van der Waals surface area contributed by atoms with Gasteiger partial charge in [-0.05, 0) is 48.5 Å². The highest BCUT2D eigenvalue weighted by atomic mass is 16.3. The molecule has 5 rings (SSSR count). The maximum Gasteiger partial charge on any atom is 0.262 e. The van der Waals surface area contributed by atoms with Gasteiger partial charge < -0.3 is 19.5 Å². The van der Waals surface area contributed by atoms with E-state index >= 15 is 0 Å². The van der Waals surface area contributed by atoms with Crippen LogP contribution in [-0.4, -0.2) is 36.1 Å². The number of amides is 2. The number of carbonyl (C=O) groups excluding carboxylic acids is 2. The molecule has 1 aliphatic heterocycles. The third kappa shape index (κ3) is 4.10. The fraction of sp³-hybridized carbons (Fsp3) is 0.160. The molecule has 33 heavy (non-hydrogen) atoms. The van der Waals surface area contributed by atoms with Gasteiger partial charge in [-0.3, -0.25) is 9.59 Å². The van der Waals surface area contributed by atoms with Crippen molar-refractivity contribution in [2.45, 2.75) is 12.5 Å². The molecule has 2 N–H and O–H groups in total. The first-order valence-electron chi connectivity index (χ1n) is 10.6. The predicted octanol–water partition coefficient (Wildman–Crippen LogP) is 4.18. The quantitative estimate of drug-likeness (QED) is 0.467. The van der Waals surface area contributed by atoms with Gasteiger partial charge in [0, 0.05) is 30.1 Å². The Morgan fingerprint density at radius 3 is 2.64 bits per heavy atom. The molecule has 0 aliphatic carbocycles. The number of benzene rings is 2. The molecule has 8 heteroatoms. The Morgan fingerprint density at radius 1 is 1.09 bits per heavy atom. The fourth-order valence-corrected chi connectivity index (χ4v) is 3.86. The minimum atomic E-state index is -0.354. The van der Waals surface area contributed by atoms with Gasteiger partial charge in [0.05, 0.1) is 12.8 Å². The lowest BCUT2D eigenvalue weighted by Gasteiger charge is -2.20. The van der Waals surface area contributed by atoms with Crippen LogP contribution in [0.25, 0.3) is 11.0 Å². The smallest absolute Gasteiger partial charge is 0.262 e. The van der Waals surface area contributed by atoms with Crippen LogP contribution in [0, 0.1) is 0 Å². The third-order valence-electron chi connectivity index (χ3n) is 5.57. The largest absolute Gasteiger partial charge is 0.467 e. The lowest BCUT2D eigenvalue weighted by molar-refractivity contribution is -0.131. The van der Waals surface area contributed by atoms with E-state index in [4.69, 9.17) is 8.83 Å². The number of nitrogens with zero attached hydrogens (tertiary/aromatic N) is 2. The SMILES string of the molecule is CNC(=O)c1ccc(NCC(=O)N2N=C(c3cc4ccccc4o3)C[C@@H]2c2ccco2)cc1. The maximum absolute atomic E-state index is 13.1. The van der Waals surface area contributed by atoms with Crippen LogP contribution in [0.2, 0.25) is 0 Å². The van der Waals surface area contributed by atoms with Crippen LogP contribution in [0.1, 0.15) is 34.3 Å². The monoisotopic (exact) mass is 442 g/mol. The Morgan fingerprint density at radius 2 is 1.91 bits per heavy atom. The van der Waals surface area contributed by atoms with E-state index in [2.05, 4.69) is 15.7 Å². The molecular weight excluding hydrogens is 420 g/mol. The number of nitrogens with one attached hydrogen (secondary N) is 2. The summed E-state index contributed by atoms with van der Waals surface area (Å²) in [5.74, 6) is 0.926. The van der Waals surface area contributed by atoms with Gasteiger partial charge in [-0.1, -0.05) is 18.2 Å². The molecule has 2 aromatic carbocycles. The molecule has 166 valence electrons. The van der Waals surface area contributed by atoms with E-state index in [-0.39, 0.29) is 24.4 Å². The summed E-state index contributed by atoms with van der Waals surface area (Å²) in [6.07, 6.45) is 2.07. The molecule has 0 saturated carbocycles. The van der Waals surface area contributed by atoms with Crippen molar-refractivity contribution in [3.05, 3.63) is 90.1 Å². The third-order valence-corrected chi connectivity index (χ3v) is 5.57. The van der Waals surface area contributed by atoms with Crippen LogP contribution in [0.3, 0.4) is 0 Å². The van der Waals surface area contributed by atoms with Crippen LogP contribution in [-0.2, 0) is 4.79 Å². The van der Waals surface area contributed by atoms with Crippen molar-refractivity contribution in [2.75, 3.05) is 18.9 Å². The number of carbonyl (C=O) groups is 2. The van der Waals surface area contributed by atoms with Gasteiger partial charge >= 0.3 is 0 Å². The second-order valence-corrected chi connectivity index (χ2v) is 7.68. The van der Waals surface area contributed by atoms with E-state index < -0.39 is 0 Å². The van der Waals surface area contributed by atoms with Gasteiger partial charge in [-0.2, -0.15) is 5.10 Å². The number of fused-ring (bicyclic) bond motifs is 1. The van der Waals surface area contributed by atoms with Crippen LogP contribution < -0.4 is 10.6 Å². The molecule has 3 heterocycles. The van der Waals surface area contributed by atoms with Gasteiger partial charge in [0.15, 0.2) is 5.76 Å². The zero-order valence-electron chi connectivity index (χ0n) is 17.9. The standard InChI is InChI=1S/C25H22N4O4/c1-26-25(31)16-8-10-18(11-9-16)27-15-24(30)29-20(22-7-4-12-32-22)14-19(28-29)23-13-17-5-2-3-6-21(17)33-23/h2-13,20,27H,14-15H2,1H3,(H,26,31)/t20-/m1/s1. The number of furan rings is 2. The second kappa shape index (κ2) is 8.66. The highest BCUT2D eigenvalue weighted by Crippen LogP contribution is 2.34. The molecular formula is C25H22N4O4. The molecule has 0 radical (unpaired) electrons. The summed E-state index contributed by atoms with van der Waals surface area (Å²) < 4.78 is 11.6. The number of hydrazone groups is 1. The van der Waals surface area contributed by atoms with E-state index in [0.29, 0.717) is 29.2 Å². The summed E-state index contributed by atoms with van der Waals surface area (Å²) in [6.45, 7) is 0.0352. The molecule has 0 bridgehead atoms. The van der Waals surface area contributed by atoms with Crippen molar-refractivity contribution < 1.29 is 18.4 Å². The number of hydrogen-bond donors (Lipinski definition) is 2. The normalized spacial score (nSPS) is 15.5. The van der Waals surface area contributed by atoms with Gasteiger partial charge in [-0.25, -0.2) is 5.01 Å². The summed E-state index contributed by atoms with van der Waals surface area (Å²) in [6, 6.07) is 19.9. The number of anilines is 1. The van der Waals surface area contributed by atoms with E-state index in [0.717, 1.165) is 16.7 Å². The van der Waals surface area contributed by atoms with Crippen molar-refractivity contribution >= 4 is 34.2 Å². The Kier molecular flexibility index (Phi) is 5.40.